The van der Waals surface area contributed by atoms with E-state index in [0.29, 0.717) is 11.5 Å². The van der Waals surface area contributed by atoms with E-state index in [0.717, 1.165) is 11.4 Å². The molecule has 0 unspecified atom stereocenters. The van der Waals surface area contributed by atoms with E-state index < -0.39 is 0 Å². The maximum atomic E-state index is 9.47. The molecule has 2 aromatic heterocycles. The lowest BCUT2D eigenvalue weighted by atomic mass is 10.2. The average Bonchev–Trinajstić information content (AvgIpc) is 3.06. The molecule has 0 radical (unpaired) electrons. The van der Waals surface area contributed by atoms with E-state index in [2.05, 4.69) is 20.4 Å². The summed E-state index contributed by atoms with van der Waals surface area (Å²) >= 11 is 0. The first kappa shape index (κ1) is 13.8. The van der Waals surface area contributed by atoms with Gasteiger partial charge in [0.15, 0.2) is 11.5 Å². The van der Waals surface area contributed by atoms with Crippen molar-refractivity contribution in [2.45, 2.75) is 13.8 Å². The van der Waals surface area contributed by atoms with Crippen molar-refractivity contribution in [2.24, 2.45) is 5.10 Å². The highest BCUT2D eigenvalue weighted by Crippen LogP contribution is 2.24. The van der Waals surface area contributed by atoms with Crippen LogP contribution in [-0.2, 0) is 0 Å². The molecule has 2 N–H and O–H groups in total. The molecule has 8 heteroatoms. The maximum Gasteiger partial charge on any atom is 0.273 e. The number of aromatic nitrogens is 5. The number of nitrogens with zero attached hydrogens (tertiary/aromatic N) is 6. The average molecular weight is 298 g/mol. The summed E-state index contributed by atoms with van der Waals surface area (Å²) in [5.74, 6) is 0.0844. The van der Waals surface area contributed by atoms with Gasteiger partial charge in [-0.05, 0) is 43.7 Å². The number of phenolic OH excluding ortho intramolecular Hbond substituents is 2. The van der Waals surface area contributed by atoms with Crippen molar-refractivity contribution < 1.29 is 10.2 Å². The first-order valence-electron chi connectivity index (χ1n) is 6.54. The number of hydrogen-bond donors (Lipinski definition) is 2. The van der Waals surface area contributed by atoms with Crippen LogP contribution in [0, 0.1) is 13.8 Å². The molecule has 2 heterocycles. The Bertz CT molecular complexity index is 849. The Morgan fingerprint density at radius 2 is 1.95 bits per heavy atom. The van der Waals surface area contributed by atoms with Crippen molar-refractivity contribution in [3.05, 3.63) is 47.5 Å². The van der Waals surface area contributed by atoms with Crippen LogP contribution in [0.1, 0.15) is 17.0 Å². The van der Waals surface area contributed by atoms with Crippen LogP contribution in [0.15, 0.2) is 35.7 Å². The Balaban J connectivity index is 1.94. The highest BCUT2D eigenvalue weighted by atomic mass is 16.3. The minimum Gasteiger partial charge on any atom is -0.504 e. The zero-order chi connectivity index (χ0) is 15.7. The predicted molar refractivity (Wildman–Crippen MR) is 79.4 cm³/mol. The van der Waals surface area contributed by atoms with Crippen LogP contribution in [0.2, 0.25) is 0 Å². The molecule has 0 bridgehead atoms. The zero-order valence-electron chi connectivity index (χ0n) is 12.0. The summed E-state index contributed by atoms with van der Waals surface area (Å²) in [5.41, 5.74) is 2.42. The highest BCUT2D eigenvalue weighted by molar-refractivity contribution is 5.80. The zero-order valence-corrected chi connectivity index (χ0v) is 12.0. The molecule has 0 atom stereocenters. The highest BCUT2D eigenvalue weighted by Gasteiger charge is 2.10. The Morgan fingerprint density at radius 1 is 1.14 bits per heavy atom. The Hall–Kier alpha value is -3.16. The summed E-state index contributed by atoms with van der Waals surface area (Å²) in [5, 5.41) is 35.2. The van der Waals surface area contributed by atoms with E-state index in [1.807, 2.05) is 19.9 Å². The molecular weight excluding hydrogens is 284 g/mol. The summed E-state index contributed by atoms with van der Waals surface area (Å²) in [6.07, 6.45) is 2.99. The number of rotatable bonds is 3. The summed E-state index contributed by atoms with van der Waals surface area (Å²) in [6.45, 7) is 3.81. The van der Waals surface area contributed by atoms with Gasteiger partial charge in [0.2, 0.25) is 0 Å². The molecule has 112 valence electrons. The van der Waals surface area contributed by atoms with Gasteiger partial charge in [0.25, 0.3) is 5.95 Å². The van der Waals surface area contributed by atoms with Crippen molar-refractivity contribution in [1.29, 1.82) is 0 Å². The Kier molecular flexibility index (Phi) is 3.34. The minimum absolute atomic E-state index is 0.176. The second kappa shape index (κ2) is 5.32. The van der Waals surface area contributed by atoms with E-state index >= 15 is 0 Å². The Morgan fingerprint density at radius 3 is 2.64 bits per heavy atom. The van der Waals surface area contributed by atoms with Gasteiger partial charge < -0.3 is 10.2 Å². The molecule has 0 spiro atoms. The molecule has 3 aromatic rings. The number of benzene rings is 1. The van der Waals surface area contributed by atoms with Crippen LogP contribution in [0.3, 0.4) is 0 Å². The third-order valence-corrected chi connectivity index (χ3v) is 3.04. The lowest BCUT2D eigenvalue weighted by molar-refractivity contribution is 0.403. The number of aryl methyl sites for hydroxylation is 2. The van der Waals surface area contributed by atoms with Crippen molar-refractivity contribution in [3.63, 3.8) is 0 Å². The molecule has 0 saturated heterocycles. The molecule has 8 nitrogen and oxygen atoms in total. The molecule has 0 aliphatic rings. The van der Waals surface area contributed by atoms with Gasteiger partial charge >= 0.3 is 0 Å². The first-order valence-corrected chi connectivity index (χ1v) is 6.54. The van der Waals surface area contributed by atoms with Crippen molar-refractivity contribution in [1.82, 2.24) is 24.7 Å². The minimum atomic E-state index is -0.202. The number of hydrogen-bond acceptors (Lipinski definition) is 6. The van der Waals surface area contributed by atoms with E-state index in [1.165, 1.54) is 29.4 Å². The molecular formula is C14H14N6O2. The van der Waals surface area contributed by atoms with Crippen LogP contribution < -0.4 is 0 Å². The predicted octanol–water partition coefficient (Wildman–Crippen LogP) is 1.37. The first-order chi connectivity index (χ1) is 10.5. The second-order valence-electron chi connectivity index (χ2n) is 4.81. The number of aromatic hydroxyl groups is 2. The third kappa shape index (κ3) is 2.53. The molecule has 0 aliphatic carbocycles. The molecule has 1 aromatic carbocycles. The van der Waals surface area contributed by atoms with Gasteiger partial charge in [-0.3, -0.25) is 0 Å². The van der Waals surface area contributed by atoms with Gasteiger partial charge in [-0.1, -0.05) is 0 Å². The largest absolute Gasteiger partial charge is 0.504 e. The van der Waals surface area contributed by atoms with E-state index in [4.69, 9.17) is 0 Å². The monoisotopic (exact) mass is 298 g/mol. The van der Waals surface area contributed by atoms with E-state index in [9.17, 15) is 10.2 Å². The molecule has 22 heavy (non-hydrogen) atoms. The lowest BCUT2D eigenvalue weighted by Crippen LogP contribution is -2.06. The normalized spacial score (nSPS) is 11.4. The lowest BCUT2D eigenvalue weighted by Gasteiger charge is -2.02. The topological polar surface area (TPSA) is 101 Å². The molecule has 0 aliphatic heterocycles. The van der Waals surface area contributed by atoms with Gasteiger partial charge in [-0.25, -0.2) is 4.68 Å². The third-order valence-electron chi connectivity index (χ3n) is 3.04. The maximum absolute atomic E-state index is 9.47. The molecule has 0 amide bonds. The standard InChI is InChI=1S/C14H14N6O2/c1-9-5-10(2)20(18-9)14-17-15-8-19(14)16-7-11-3-4-12(21)13(22)6-11/h3-8,21-22H,1-2H3/b16-7-. The quantitative estimate of drug-likeness (QED) is 0.562. The summed E-state index contributed by atoms with van der Waals surface area (Å²) < 4.78 is 3.12. The van der Waals surface area contributed by atoms with Crippen LogP contribution in [0.25, 0.3) is 5.95 Å². The van der Waals surface area contributed by atoms with Gasteiger partial charge in [-0.2, -0.15) is 14.9 Å². The molecule has 0 saturated carbocycles. The Labute approximate surface area is 126 Å². The van der Waals surface area contributed by atoms with E-state index in [1.54, 1.807) is 10.7 Å². The van der Waals surface area contributed by atoms with Crippen molar-refractivity contribution >= 4 is 6.21 Å². The fourth-order valence-corrected chi connectivity index (χ4v) is 2.03. The van der Waals surface area contributed by atoms with Crippen LogP contribution in [0.4, 0.5) is 0 Å². The van der Waals surface area contributed by atoms with Crippen LogP contribution in [0.5, 0.6) is 11.5 Å². The summed E-state index contributed by atoms with van der Waals surface area (Å²) in [7, 11) is 0. The number of phenols is 2. The summed E-state index contributed by atoms with van der Waals surface area (Å²) in [4.78, 5) is 0. The SMILES string of the molecule is Cc1cc(C)n(-c2nncn2/N=C\c2ccc(O)c(O)c2)n1. The second-order valence-corrected chi connectivity index (χ2v) is 4.81. The van der Waals surface area contributed by atoms with Gasteiger partial charge in [-0.15, -0.1) is 10.2 Å². The molecule has 3 rings (SSSR count). The molecule has 0 fully saturated rings. The van der Waals surface area contributed by atoms with Gasteiger partial charge in [0.1, 0.15) is 6.33 Å². The van der Waals surface area contributed by atoms with Crippen LogP contribution in [-0.4, -0.2) is 41.1 Å². The van der Waals surface area contributed by atoms with Crippen molar-refractivity contribution in [3.8, 4) is 17.4 Å². The van der Waals surface area contributed by atoms with Gasteiger partial charge in [0, 0.05) is 5.69 Å². The van der Waals surface area contributed by atoms with Crippen LogP contribution >= 0.6 is 0 Å². The fraction of sp³-hybridized carbons (Fsp3) is 0.143. The summed E-state index contributed by atoms with van der Waals surface area (Å²) in [6, 6.07) is 6.36. The smallest absolute Gasteiger partial charge is 0.273 e. The van der Waals surface area contributed by atoms with Crippen molar-refractivity contribution in [2.75, 3.05) is 0 Å². The van der Waals surface area contributed by atoms with E-state index in [-0.39, 0.29) is 11.5 Å². The fourth-order valence-electron chi connectivity index (χ4n) is 2.03. The van der Waals surface area contributed by atoms with Gasteiger partial charge in [0.05, 0.1) is 11.9 Å².